The molecule has 0 heterocycles. The summed E-state index contributed by atoms with van der Waals surface area (Å²) in [6.07, 6.45) is 8.60. The molecule has 0 amide bonds. The summed E-state index contributed by atoms with van der Waals surface area (Å²) in [5.74, 6) is -1.19. The number of benzene rings is 1. The molecule has 4 nitrogen and oxygen atoms in total. The number of hydrogen-bond donors (Lipinski definition) is 3. The smallest absolute Gasteiger partial charge is 0.339 e. The molecule has 1 aliphatic carbocycles. The quantitative estimate of drug-likeness (QED) is 0.579. The summed E-state index contributed by atoms with van der Waals surface area (Å²) in [5, 5.41) is 31.0. The van der Waals surface area contributed by atoms with Crippen LogP contribution in [0.15, 0.2) is 17.7 Å². The Morgan fingerprint density at radius 1 is 1.24 bits per heavy atom. The summed E-state index contributed by atoms with van der Waals surface area (Å²) in [7, 11) is 0. The van der Waals surface area contributed by atoms with Crippen LogP contribution in [0.25, 0.3) is 0 Å². The van der Waals surface area contributed by atoms with Crippen molar-refractivity contribution < 1.29 is 20.1 Å². The molecule has 25 heavy (non-hydrogen) atoms. The first-order chi connectivity index (χ1) is 11.9. The maximum absolute atomic E-state index is 11.7. The third-order valence-corrected chi connectivity index (χ3v) is 5.28. The molecule has 0 saturated carbocycles. The average molecular weight is 346 g/mol. The first-order valence-corrected chi connectivity index (χ1v) is 9.38. The Balaban J connectivity index is 2.57. The molecule has 0 aromatic heterocycles. The molecule has 2 rings (SSSR count). The Kier molecular flexibility index (Phi) is 6.51. The summed E-state index contributed by atoms with van der Waals surface area (Å²) >= 11 is 0. The highest BCUT2D eigenvalue weighted by atomic mass is 16.4. The van der Waals surface area contributed by atoms with Gasteiger partial charge >= 0.3 is 5.97 Å². The number of aromatic carboxylic acids is 1. The van der Waals surface area contributed by atoms with Gasteiger partial charge in [0.25, 0.3) is 0 Å². The Bertz CT molecular complexity index is 660. The molecular formula is C21H30O4. The predicted octanol–water partition coefficient (Wildman–Crippen LogP) is 5.38. The van der Waals surface area contributed by atoms with Gasteiger partial charge in [-0.05, 0) is 50.2 Å². The number of unbranched alkanes of at least 4 members (excludes halogenated alkanes) is 1. The van der Waals surface area contributed by atoms with Crippen LogP contribution in [0.5, 0.6) is 11.5 Å². The monoisotopic (exact) mass is 346 g/mol. The molecule has 2 atom stereocenters. The lowest BCUT2D eigenvalue weighted by molar-refractivity contribution is 0.0692. The summed E-state index contributed by atoms with van der Waals surface area (Å²) in [6, 6.07) is 1.54. The highest BCUT2D eigenvalue weighted by Crippen LogP contribution is 2.47. The van der Waals surface area contributed by atoms with E-state index in [9.17, 15) is 20.1 Å². The summed E-state index contributed by atoms with van der Waals surface area (Å²) in [5.41, 5.74) is 2.05. The van der Waals surface area contributed by atoms with Crippen molar-refractivity contribution in [1.82, 2.24) is 0 Å². The average Bonchev–Trinajstić information content (AvgIpc) is 2.53. The van der Waals surface area contributed by atoms with Gasteiger partial charge in [0.05, 0.1) is 0 Å². The lowest BCUT2D eigenvalue weighted by Gasteiger charge is -2.31. The van der Waals surface area contributed by atoms with Gasteiger partial charge in [0.15, 0.2) is 0 Å². The van der Waals surface area contributed by atoms with E-state index in [0.29, 0.717) is 23.5 Å². The SMILES string of the molecule is CCCCC1CCC(C)=C[C@H]1c1c(O)cc(CCC)c(C(=O)O)c1O. The van der Waals surface area contributed by atoms with Crippen molar-refractivity contribution in [2.45, 2.75) is 71.6 Å². The lowest BCUT2D eigenvalue weighted by Crippen LogP contribution is -2.17. The second-order valence-electron chi connectivity index (χ2n) is 7.23. The van der Waals surface area contributed by atoms with E-state index in [0.717, 1.165) is 38.5 Å². The van der Waals surface area contributed by atoms with E-state index in [1.54, 1.807) is 0 Å². The van der Waals surface area contributed by atoms with Crippen LogP contribution in [-0.2, 0) is 6.42 Å². The molecule has 3 N–H and O–H groups in total. The minimum atomic E-state index is -1.14. The largest absolute Gasteiger partial charge is 0.507 e. The fourth-order valence-corrected chi connectivity index (χ4v) is 3.98. The van der Waals surface area contributed by atoms with E-state index in [1.807, 2.05) is 6.92 Å². The summed E-state index contributed by atoms with van der Waals surface area (Å²) in [4.78, 5) is 11.7. The Labute approximate surface area is 150 Å². The molecule has 1 aliphatic rings. The maximum atomic E-state index is 11.7. The number of phenols is 2. The molecule has 0 aliphatic heterocycles. The number of aromatic hydroxyl groups is 2. The summed E-state index contributed by atoms with van der Waals surface area (Å²) < 4.78 is 0. The Hall–Kier alpha value is -1.97. The van der Waals surface area contributed by atoms with Crippen LogP contribution in [0, 0.1) is 5.92 Å². The number of phenolic OH excluding ortho intramolecular Hbond substituents is 1. The van der Waals surface area contributed by atoms with Crippen LogP contribution in [0.4, 0.5) is 0 Å². The number of carboxylic acids is 1. The normalized spacial score (nSPS) is 20.4. The fourth-order valence-electron chi connectivity index (χ4n) is 3.98. The number of carbonyl (C=O) groups is 1. The van der Waals surface area contributed by atoms with Gasteiger partial charge in [-0.1, -0.05) is 44.8 Å². The van der Waals surface area contributed by atoms with Crippen LogP contribution < -0.4 is 0 Å². The van der Waals surface area contributed by atoms with E-state index in [4.69, 9.17) is 0 Å². The van der Waals surface area contributed by atoms with Crippen molar-refractivity contribution in [2.75, 3.05) is 0 Å². The van der Waals surface area contributed by atoms with Crippen molar-refractivity contribution in [3.8, 4) is 11.5 Å². The van der Waals surface area contributed by atoms with E-state index in [-0.39, 0.29) is 23.0 Å². The second kappa shape index (κ2) is 8.41. The highest BCUT2D eigenvalue weighted by Gasteiger charge is 2.32. The van der Waals surface area contributed by atoms with Gasteiger partial charge in [0.1, 0.15) is 17.1 Å². The minimum absolute atomic E-state index is 0.0170. The van der Waals surface area contributed by atoms with Crippen molar-refractivity contribution in [3.63, 3.8) is 0 Å². The number of allylic oxidation sites excluding steroid dienone is 2. The van der Waals surface area contributed by atoms with Crippen molar-refractivity contribution >= 4 is 5.97 Å². The standard InChI is InChI=1S/C21H30O4/c1-4-6-8-14-10-9-13(3)11-16(14)19-17(22)12-15(7-5-2)18(20(19)23)21(24)25/h11-12,14,16,22-23H,4-10H2,1-3H3,(H,24,25)/t14?,16-/m1/s1. The molecule has 0 saturated heterocycles. The van der Waals surface area contributed by atoms with E-state index in [2.05, 4.69) is 19.9 Å². The van der Waals surface area contributed by atoms with Crippen LogP contribution in [-0.4, -0.2) is 21.3 Å². The van der Waals surface area contributed by atoms with Crippen LogP contribution >= 0.6 is 0 Å². The van der Waals surface area contributed by atoms with Gasteiger partial charge in [-0.3, -0.25) is 0 Å². The van der Waals surface area contributed by atoms with Gasteiger partial charge in [-0.25, -0.2) is 4.79 Å². The zero-order valence-electron chi connectivity index (χ0n) is 15.5. The van der Waals surface area contributed by atoms with E-state index < -0.39 is 5.97 Å². The number of rotatable bonds is 7. The molecule has 138 valence electrons. The minimum Gasteiger partial charge on any atom is -0.507 e. The zero-order valence-corrected chi connectivity index (χ0v) is 15.5. The molecule has 1 unspecified atom stereocenters. The predicted molar refractivity (Wildman–Crippen MR) is 99.5 cm³/mol. The molecular weight excluding hydrogens is 316 g/mol. The highest BCUT2D eigenvalue weighted by molar-refractivity contribution is 5.94. The number of carboxylic acid groups (broad SMARTS) is 1. The molecule has 1 aromatic carbocycles. The Morgan fingerprint density at radius 3 is 2.56 bits per heavy atom. The molecule has 4 heteroatoms. The molecule has 1 aromatic rings. The van der Waals surface area contributed by atoms with Crippen LogP contribution in [0.2, 0.25) is 0 Å². The molecule has 0 fully saturated rings. The van der Waals surface area contributed by atoms with Crippen LogP contribution in [0.1, 0.15) is 86.7 Å². The van der Waals surface area contributed by atoms with Gasteiger partial charge < -0.3 is 15.3 Å². The molecule has 0 bridgehead atoms. The van der Waals surface area contributed by atoms with E-state index >= 15 is 0 Å². The third-order valence-electron chi connectivity index (χ3n) is 5.28. The van der Waals surface area contributed by atoms with Crippen LogP contribution in [0.3, 0.4) is 0 Å². The zero-order chi connectivity index (χ0) is 18.6. The van der Waals surface area contributed by atoms with Gasteiger partial charge in [0, 0.05) is 11.5 Å². The van der Waals surface area contributed by atoms with Gasteiger partial charge in [-0.2, -0.15) is 0 Å². The Morgan fingerprint density at radius 2 is 1.96 bits per heavy atom. The van der Waals surface area contributed by atoms with Crippen molar-refractivity contribution in [3.05, 3.63) is 34.4 Å². The first-order valence-electron chi connectivity index (χ1n) is 9.38. The fraction of sp³-hybridized carbons (Fsp3) is 0.571. The number of hydrogen-bond acceptors (Lipinski definition) is 3. The first kappa shape index (κ1) is 19.4. The van der Waals surface area contributed by atoms with Gasteiger partial charge in [0.2, 0.25) is 0 Å². The lowest BCUT2D eigenvalue weighted by atomic mass is 9.74. The maximum Gasteiger partial charge on any atom is 0.339 e. The van der Waals surface area contributed by atoms with Crippen molar-refractivity contribution in [1.29, 1.82) is 0 Å². The topological polar surface area (TPSA) is 77.8 Å². The number of aryl methyl sites for hydroxylation is 1. The molecule has 0 spiro atoms. The molecule has 0 radical (unpaired) electrons. The second-order valence-corrected chi connectivity index (χ2v) is 7.23. The van der Waals surface area contributed by atoms with Crippen molar-refractivity contribution in [2.24, 2.45) is 5.92 Å². The van der Waals surface area contributed by atoms with E-state index in [1.165, 1.54) is 11.6 Å². The summed E-state index contributed by atoms with van der Waals surface area (Å²) in [6.45, 7) is 6.15. The van der Waals surface area contributed by atoms with Gasteiger partial charge in [-0.15, -0.1) is 0 Å². The third kappa shape index (κ3) is 4.17.